The SMILES string of the molecule is C[Si](C)(C)OC=C(O[Si](C)(C)C)O[Si](C)(C)C.C[Si](C)(C)OCC(=O)O[Si](C)(C)C. The molecule has 0 aliphatic carbocycles. The molecule has 0 aromatic heterocycles. The lowest BCUT2D eigenvalue weighted by Crippen LogP contribution is -2.35. The molecule has 0 rings (SSSR count). The fourth-order valence-electron chi connectivity index (χ4n) is 1.54. The molecule has 11 heteroatoms. The summed E-state index contributed by atoms with van der Waals surface area (Å²) in [5, 5.41) is 0. The van der Waals surface area contributed by atoms with E-state index in [1.54, 1.807) is 6.26 Å². The zero-order valence-corrected chi connectivity index (χ0v) is 27.2. The smallest absolute Gasteiger partial charge is 0.317 e. The number of rotatable bonds is 10. The minimum atomic E-state index is -1.73. The molecule has 0 bridgehead atoms. The molecule has 0 aromatic carbocycles. The van der Waals surface area contributed by atoms with Crippen molar-refractivity contribution < 1.29 is 26.9 Å². The summed E-state index contributed by atoms with van der Waals surface area (Å²) in [6.07, 6.45) is 1.68. The van der Waals surface area contributed by atoms with Gasteiger partial charge in [-0.25, -0.2) is 0 Å². The number of carbonyl (C=O) groups is 1. The molecular weight excluding hydrogens is 465 g/mol. The lowest BCUT2D eigenvalue weighted by atomic mass is 10.8. The molecule has 0 heterocycles. The first-order valence-corrected chi connectivity index (χ1v) is 27.5. The van der Waals surface area contributed by atoms with Crippen molar-refractivity contribution in [3.8, 4) is 0 Å². The Bertz CT molecular complexity index is 528. The Hall–Kier alpha value is -0.346. The molecule has 0 aliphatic rings. The third-order valence-corrected chi connectivity index (χ3v) is 6.67. The normalized spacial score (nSPS) is 12.9. The van der Waals surface area contributed by atoms with Gasteiger partial charge in [-0.15, -0.1) is 0 Å². The van der Waals surface area contributed by atoms with Crippen molar-refractivity contribution in [2.45, 2.75) is 98.2 Å². The fraction of sp³-hybridized carbons (Fsp3) is 0.842. The summed E-state index contributed by atoms with van der Waals surface area (Å²) in [6.45, 7) is 31.5. The van der Waals surface area contributed by atoms with Gasteiger partial charge < -0.3 is 22.1 Å². The third-order valence-electron chi connectivity index (χ3n) is 2.37. The molecule has 0 radical (unpaired) electrons. The first-order valence-electron chi connectivity index (χ1n) is 10.5. The van der Waals surface area contributed by atoms with Crippen LogP contribution in [0.25, 0.3) is 0 Å². The van der Waals surface area contributed by atoms with E-state index in [4.69, 9.17) is 22.1 Å². The summed E-state index contributed by atoms with van der Waals surface area (Å²) < 4.78 is 28.2. The van der Waals surface area contributed by atoms with Crippen molar-refractivity contribution in [3.05, 3.63) is 12.2 Å². The van der Waals surface area contributed by atoms with E-state index in [0.29, 0.717) is 5.95 Å². The van der Waals surface area contributed by atoms with Crippen LogP contribution in [0.1, 0.15) is 0 Å². The van der Waals surface area contributed by atoms with Gasteiger partial charge in [0, 0.05) is 0 Å². The third kappa shape index (κ3) is 27.7. The van der Waals surface area contributed by atoms with Gasteiger partial charge in [0.1, 0.15) is 12.9 Å². The second-order valence-electron chi connectivity index (χ2n) is 12.1. The Morgan fingerprint density at radius 2 is 0.933 bits per heavy atom. The monoisotopic (exact) mass is 512 g/mol. The first-order chi connectivity index (χ1) is 12.9. The van der Waals surface area contributed by atoms with Gasteiger partial charge in [-0.1, -0.05) is 0 Å². The van der Waals surface area contributed by atoms with E-state index in [1.165, 1.54) is 0 Å². The molecule has 0 N–H and O–H groups in total. The second kappa shape index (κ2) is 12.0. The largest absolute Gasteiger partial charge is 0.545 e. The molecule has 0 aliphatic heterocycles. The van der Waals surface area contributed by atoms with E-state index >= 15 is 0 Å². The van der Waals surface area contributed by atoms with Crippen LogP contribution < -0.4 is 0 Å². The molecule has 30 heavy (non-hydrogen) atoms. The topological polar surface area (TPSA) is 63.2 Å². The van der Waals surface area contributed by atoms with Crippen LogP contribution in [0.15, 0.2) is 12.2 Å². The highest BCUT2D eigenvalue weighted by molar-refractivity contribution is 6.72. The minimum Gasteiger partial charge on any atom is -0.545 e. The van der Waals surface area contributed by atoms with Gasteiger partial charge in [0.05, 0.1) is 0 Å². The quantitative estimate of drug-likeness (QED) is 0.244. The van der Waals surface area contributed by atoms with E-state index in [-0.39, 0.29) is 12.6 Å². The van der Waals surface area contributed by atoms with E-state index in [9.17, 15) is 4.79 Å². The highest BCUT2D eigenvalue weighted by Crippen LogP contribution is 2.18. The predicted molar refractivity (Wildman–Crippen MR) is 140 cm³/mol. The van der Waals surface area contributed by atoms with Crippen LogP contribution in [0, 0.1) is 0 Å². The number of carbonyl (C=O) groups excluding carboxylic acids is 1. The fourth-order valence-corrected chi connectivity index (χ4v) is 4.76. The van der Waals surface area contributed by atoms with Crippen LogP contribution in [-0.4, -0.2) is 54.2 Å². The Balaban J connectivity index is 0. The van der Waals surface area contributed by atoms with E-state index in [1.807, 2.05) is 19.6 Å². The molecule has 180 valence electrons. The molecule has 0 saturated heterocycles. The molecule has 6 nitrogen and oxygen atoms in total. The Morgan fingerprint density at radius 3 is 1.20 bits per heavy atom. The second-order valence-corrected chi connectivity index (χ2v) is 34.3. The van der Waals surface area contributed by atoms with E-state index < -0.39 is 41.6 Å². The molecule has 0 aromatic rings. The predicted octanol–water partition coefficient (Wildman–Crippen LogP) is 6.56. The van der Waals surface area contributed by atoms with Crippen molar-refractivity contribution in [2.24, 2.45) is 0 Å². The Labute approximate surface area is 191 Å². The van der Waals surface area contributed by atoms with Crippen molar-refractivity contribution in [1.29, 1.82) is 0 Å². The van der Waals surface area contributed by atoms with Crippen molar-refractivity contribution in [2.75, 3.05) is 6.61 Å². The van der Waals surface area contributed by atoms with Crippen molar-refractivity contribution >= 4 is 47.6 Å². The minimum absolute atomic E-state index is 0.111. The average molecular weight is 513 g/mol. The zero-order valence-electron chi connectivity index (χ0n) is 22.2. The molecule has 0 amide bonds. The lowest BCUT2D eigenvalue weighted by Gasteiger charge is -2.28. The maximum atomic E-state index is 11.2. The Kier molecular flexibility index (Phi) is 12.8. The average Bonchev–Trinajstić information content (AvgIpc) is 2.36. The van der Waals surface area contributed by atoms with E-state index in [0.717, 1.165) is 0 Å². The summed E-state index contributed by atoms with van der Waals surface area (Å²) in [4.78, 5) is 11.2. The summed E-state index contributed by atoms with van der Waals surface area (Å²) in [5.41, 5.74) is 0. The summed E-state index contributed by atoms with van der Waals surface area (Å²) in [6, 6.07) is 0. The van der Waals surface area contributed by atoms with Gasteiger partial charge in [0.25, 0.3) is 5.95 Å². The van der Waals surface area contributed by atoms with Gasteiger partial charge in [-0.05, 0) is 98.2 Å². The molecule has 0 fully saturated rings. The summed E-state index contributed by atoms with van der Waals surface area (Å²) in [7, 11) is -8.19. The van der Waals surface area contributed by atoms with Gasteiger partial charge in [-0.3, -0.25) is 4.79 Å². The first kappa shape index (κ1) is 31.8. The molecule has 0 saturated carbocycles. The number of hydrogen-bond acceptors (Lipinski definition) is 6. The zero-order chi connectivity index (χ0) is 24.6. The summed E-state index contributed by atoms with van der Waals surface area (Å²) >= 11 is 0. The molecule has 0 spiro atoms. The Morgan fingerprint density at radius 1 is 0.567 bits per heavy atom. The standard InChI is InChI=1S/C11H28O3Si3.C8H20O3Si2/c1-15(2,3)12-10-11(13-16(4,5)6)14-17(7,8)9;1-12(2,3)10-7-8(9)11-13(4,5)6/h10H,1-9H3;7H2,1-6H3. The maximum absolute atomic E-state index is 11.2. The number of hydrogen-bond donors (Lipinski definition) is 0. The van der Waals surface area contributed by atoms with Crippen LogP contribution >= 0.6 is 0 Å². The maximum Gasteiger partial charge on any atom is 0.317 e. The van der Waals surface area contributed by atoms with E-state index in [2.05, 4.69) is 78.6 Å². The molecule has 0 unspecified atom stereocenters. The highest BCUT2D eigenvalue weighted by Gasteiger charge is 2.25. The lowest BCUT2D eigenvalue weighted by molar-refractivity contribution is -0.137. The highest BCUT2D eigenvalue weighted by atomic mass is 28.4. The van der Waals surface area contributed by atoms with Crippen LogP contribution in [0.5, 0.6) is 0 Å². The van der Waals surface area contributed by atoms with Gasteiger partial charge >= 0.3 is 5.97 Å². The summed E-state index contributed by atoms with van der Waals surface area (Å²) in [5.74, 6) is 0.354. The van der Waals surface area contributed by atoms with Gasteiger partial charge in [0.2, 0.25) is 33.3 Å². The van der Waals surface area contributed by atoms with Gasteiger partial charge in [0.15, 0.2) is 8.32 Å². The van der Waals surface area contributed by atoms with Crippen LogP contribution in [0.2, 0.25) is 98.2 Å². The van der Waals surface area contributed by atoms with Crippen molar-refractivity contribution in [1.82, 2.24) is 0 Å². The van der Waals surface area contributed by atoms with Crippen LogP contribution in [0.3, 0.4) is 0 Å². The van der Waals surface area contributed by atoms with Crippen molar-refractivity contribution in [3.63, 3.8) is 0 Å². The van der Waals surface area contributed by atoms with Gasteiger partial charge in [-0.2, -0.15) is 0 Å². The molecule has 0 atom stereocenters. The molecular formula is C19H48O6Si5. The van der Waals surface area contributed by atoms with Crippen LogP contribution in [-0.2, 0) is 26.9 Å². The van der Waals surface area contributed by atoms with Crippen LogP contribution in [0.4, 0.5) is 0 Å².